The number of rotatable bonds is 9. The summed E-state index contributed by atoms with van der Waals surface area (Å²) in [5.74, 6) is 2.99. The highest BCUT2D eigenvalue weighted by Gasteiger charge is 2.19. The third kappa shape index (κ3) is 6.82. The van der Waals surface area contributed by atoms with Crippen molar-refractivity contribution in [3.05, 3.63) is 131 Å². The number of aryl methyl sites for hydroxylation is 3. The predicted molar refractivity (Wildman–Crippen MR) is 208 cm³/mol. The number of hydrogen-bond donors (Lipinski definition) is 0. The van der Waals surface area contributed by atoms with Gasteiger partial charge in [-0.3, -0.25) is 4.57 Å². The Morgan fingerprint density at radius 2 is 1.54 bits per heavy atom. The largest absolute Gasteiger partial charge is 0.457 e. The maximum Gasteiger partial charge on any atom is 0.137 e. The molecule has 0 aliphatic carbocycles. The lowest BCUT2D eigenvalue weighted by Gasteiger charge is -2.17. The van der Waals surface area contributed by atoms with E-state index in [9.17, 15) is 0 Å². The van der Waals surface area contributed by atoms with Gasteiger partial charge < -0.3 is 4.74 Å². The van der Waals surface area contributed by atoms with E-state index in [0.29, 0.717) is 5.92 Å². The van der Waals surface area contributed by atoms with Gasteiger partial charge >= 0.3 is 0 Å². The molecular weight excluding hydrogens is 613 g/mol. The molecule has 0 amide bonds. The molecule has 50 heavy (non-hydrogen) atoms. The first-order chi connectivity index (χ1) is 23.9. The summed E-state index contributed by atoms with van der Waals surface area (Å²) in [6.07, 6.45) is 5.02. The van der Waals surface area contributed by atoms with Gasteiger partial charge in [-0.05, 0) is 122 Å². The highest BCUT2D eigenvalue weighted by molar-refractivity contribution is 6.09. The number of fused-ring (bicyclic) bond motifs is 3. The van der Waals surface area contributed by atoms with Gasteiger partial charge in [0.05, 0.1) is 22.4 Å². The van der Waals surface area contributed by atoms with Crippen LogP contribution in [0.15, 0.2) is 103 Å². The summed E-state index contributed by atoms with van der Waals surface area (Å²) in [5, 5.41) is 7.46. The monoisotopic (exact) mass is 660 g/mol. The van der Waals surface area contributed by atoms with Gasteiger partial charge in [0.15, 0.2) is 0 Å². The zero-order chi connectivity index (χ0) is 35.2. The van der Waals surface area contributed by atoms with Crippen molar-refractivity contribution in [2.24, 2.45) is 11.3 Å². The van der Waals surface area contributed by atoms with Crippen molar-refractivity contribution in [1.29, 1.82) is 0 Å². The summed E-state index contributed by atoms with van der Waals surface area (Å²) in [5.41, 5.74) is 11.7. The molecule has 3 aromatic heterocycles. The molecule has 0 bridgehead atoms. The van der Waals surface area contributed by atoms with Gasteiger partial charge in [-0.25, -0.2) is 9.67 Å². The molecule has 0 saturated heterocycles. The van der Waals surface area contributed by atoms with E-state index in [-0.39, 0.29) is 5.41 Å². The molecule has 0 saturated carbocycles. The van der Waals surface area contributed by atoms with Gasteiger partial charge in [0.2, 0.25) is 0 Å². The van der Waals surface area contributed by atoms with Crippen LogP contribution in [0.4, 0.5) is 0 Å². The fraction of sp³-hybridized carbons (Fsp3) is 0.289. The van der Waals surface area contributed by atoms with Gasteiger partial charge in [0.25, 0.3) is 0 Å². The van der Waals surface area contributed by atoms with E-state index >= 15 is 0 Å². The molecule has 4 aromatic carbocycles. The molecule has 7 aromatic rings. The summed E-state index contributed by atoms with van der Waals surface area (Å²) in [7, 11) is 0. The van der Waals surface area contributed by atoms with Crippen LogP contribution in [0.1, 0.15) is 69.1 Å². The van der Waals surface area contributed by atoms with Crippen LogP contribution in [0, 0.1) is 32.1 Å². The minimum atomic E-state index is 0.284. The van der Waals surface area contributed by atoms with Gasteiger partial charge in [0.1, 0.15) is 17.3 Å². The first kappa shape index (κ1) is 33.3. The van der Waals surface area contributed by atoms with E-state index in [1.807, 2.05) is 12.3 Å². The minimum Gasteiger partial charge on any atom is -0.457 e. The van der Waals surface area contributed by atoms with E-state index < -0.39 is 0 Å². The number of ether oxygens (including phenoxy) is 1. The van der Waals surface area contributed by atoms with Crippen molar-refractivity contribution in [3.63, 3.8) is 0 Å². The Morgan fingerprint density at radius 3 is 2.28 bits per heavy atom. The number of nitrogens with zero attached hydrogens (tertiary/aromatic N) is 4. The first-order valence-corrected chi connectivity index (χ1v) is 17.9. The van der Waals surface area contributed by atoms with Gasteiger partial charge in [-0.15, -0.1) is 0 Å². The van der Waals surface area contributed by atoms with Crippen LogP contribution in [0.2, 0.25) is 0 Å². The van der Waals surface area contributed by atoms with Gasteiger partial charge in [0, 0.05) is 40.4 Å². The van der Waals surface area contributed by atoms with Crippen LogP contribution in [0.25, 0.3) is 44.4 Å². The smallest absolute Gasteiger partial charge is 0.137 e. The quantitative estimate of drug-likeness (QED) is 0.155. The van der Waals surface area contributed by atoms with Gasteiger partial charge in [-0.1, -0.05) is 71.0 Å². The highest BCUT2D eigenvalue weighted by atomic mass is 16.5. The average Bonchev–Trinajstić information content (AvgIpc) is 3.55. The molecule has 254 valence electrons. The van der Waals surface area contributed by atoms with Crippen LogP contribution < -0.4 is 4.74 Å². The second-order valence-electron chi connectivity index (χ2n) is 15.5. The molecule has 0 aliphatic rings. The number of hydrogen-bond acceptors (Lipinski definition) is 3. The van der Waals surface area contributed by atoms with Crippen LogP contribution in [0.5, 0.6) is 11.5 Å². The Morgan fingerprint density at radius 1 is 0.740 bits per heavy atom. The zero-order valence-electron chi connectivity index (χ0n) is 30.7. The van der Waals surface area contributed by atoms with Crippen molar-refractivity contribution in [2.75, 3.05) is 0 Å². The second-order valence-corrected chi connectivity index (χ2v) is 15.5. The van der Waals surface area contributed by atoms with Crippen LogP contribution in [-0.2, 0) is 12.8 Å². The maximum atomic E-state index is 6.77. The van der Waals surface area contributed by atoms with E-state index in [4.69, 9.17) is 14.8 Å². The zero-order valence-corrected chi connectivity index (χ0v) is 30.7. The first-order valence-electron chi connectivity index (χ1n) is 17.9. The molecule has 0 radical (unpaired) electrons. The van der Waals surface area contributed by atoms with Crippen molar-refractivity contribution in [2.45, 2.75) is 74.7 Å². The van der Waals surface area contributed by atoms with Crippen molar-refractivity contribution < 1.29 is 4.74 Å². The molecule has 5 nitrogen and oxygen atoms in total. The normalized spacial score (nSPS) is 12.0. The molecule has 5 heteroatoms. The maximum absolute atomic E-state index is 6.77. The minimum absolute atomic E-state index is 0.284. The SMILES string of the molecule is Cc1ccnc(-n2c3ccc(CCC(C)(C)C)cc3c3ccc(Oc4cc(CC(C)C)cc(-n5nc(C)c(-c6ccccc6)c5C)c4)cc32)c1. The summed E-state index contributed by atoms with van der Waals surface area (Å²) in [4.78, 5) is 4.82. The van der Waals surface area contributed by atoms with Gasteiger partial charge in [-0.2, -0.15) is 5.10 Å². The Kier molecular flexibility index (Phi) is 8.86. The molecule has 0 unspecified atom stereocenters. The number of benzene rings is 4. The molecule has 0 fully saturated rings. The third-order valence-corrected chi connectivity index (χ3v) is 9.52. The molecule has 0 atom stereocenters. The van der Waals surface area contributed by atoms with E-state index in [1.54, 1.807) is 0 Å². The van der Waals surface area contributed by atoms with Crippen LogP contribution in [-0.4, -0.2) is 19.3 Å². The molecule has 0 N–H and O–H groups in total. The van der Waals surface area contributed by atoms with Crippen molar-refractivity contribution in [1.82, 2.24) is 19.3 Å². The Bertz CT molecular complexity index is 2320. The predicted octanol–water partition coefficient (Wildman–Crippen LogP) is 11.9. The lowest BCUT2D eigenvalue weighted by molar-refractivity contribution is 0.378. The fourth-order valence-corrected chi connectivity index (χ4v) is 7.14. The molecule has 0 aliphatic heterocycles. The second kappa shape index (κ2) is 13.3. The van der Waals surface area contributed by atoms with E-state index in [0.717, 1.165) is 64.7 Å². The van der Waals surface area contributed by atoms with E-state index in [2.05, 4.69) is 156 Å². The van der Waals surface area contributed by atoms with Crippen LogP contribution in [0.3, 0.4) is 0 Å². The highest BCUT2D eigenvalue weighted by Crippen LogP contribution is 2.37. The lowest BCUT2D eigenvalue weighted by Crippen LogP contribution is -2.06. The molecule has 0 spiro atoms. The fourth-order valence-electron chi connectivity index (χ4n) is 7.14. The Balaban J connectivity index is 1.33. The topological polar surface area (TPSA) is 44.9 Å². The summed E-state index contributed by atoms with van der Waals surface area (Å²) in [6.45, 7) is 17.8. The molecule has 7 rings (SSSR count). The molecular formula is C45H48N4O. The number of aromatic nitrogens is 4. The van der Waals surface area contributed by atoms with Crippen molar-refractivity contribution >= 4 is 21.8 Å². The lowest BCUT2D eigenvalue weighted by atomic mass is 9.88. The van der Waals surface area contributed by atoms with Crippen molar-refractivity contribution in [3.8, 4) is 34.1 Å². The Hall–Kier alpha value is -5.16. The number of pyridine rings is 1. The average molecular weight is 661 g/mol. The summed E-state index contributed by atoms with van der Waals surface area (Å²) < 4.78 is 11.1. The molecule has 3 heterocycles. The summed E-state index contributed by atoms with van der Waals surface area (Å²) in [6, 6.07) is 34.6. The third-order valence-electron chi connectivity index (χ3n) is 9.52. The Labute approximate surface area is 296 Å². The van der Waals surface area contributed by atoms with E-state index in [1.165, 1.54) is 38.6 Å². The standard InChI is InChI=1S/C45H48N4O/c1-29(2)22-34-24-36(49-32(5)44(31(4)47-49)35-12-10-9-11-13-35)27-38(25-34)50-37-15-16-39-40-26-33(18-20-45(6,7)8)14-17-41(40)48(42(39)28-37)43-23-30(3)19-21-46-43/h9-17,19,21,23-29H,18,20,22H2,1-8H3. The summed E-state index contributed by atoms with van der Waals surface area (Å²) >= 11 is 0. The van der Waals surface area contributed by atoms with Crippen LogP contribution >= 0.6 is 0 Å².